The van der Waals surface area contributed by atoms with E-state index >= 15 is 0 Å². The van der Waals surface area contributed by atoms with Crippen molar-refractivity contribution >= 4 is 57.1 Å². The molecule has 2 aromatic carbocycles. The van der Waals surface area contributed by atoms with Crippen LogP contribution in [0.25, 0.3) is 5.69 Å². The highest BCUT2D eigenvalue weighted by atomic mass is 35.5. The Balaban J connectivity index is 1.38. The van der Waals surface area contributed by atoms with Gasteiger partial charge in [0.15, 0.2) is 4.34 Å². The van der Waals surface area contributed by atoms with Crippen LogP contribution in [0.2, 0.25) is 5.02 Å². The van der Waals surface area contributed by atoms with Crippen LogP contribution in [0.1, 0.15) is 0 Å². The Morgan fingerprint density at radius 3 is 2.90 bits per heavy atom. The largest absolute Gasteiger partial charge is 0.495 e. The molecule has 31 heavy (non-hydrogen) atoms. The molecule has 0 aliphatic heterocycles. The third-order valence-corrected chi connectivity index (χ3v) is 6.19. The molecule has 0 saturated heterocycles. The van der Waals surface area contributed by atoms with Crippen molar-refractivity contribution < 1.29 is 9.53 Å². The molecule has 4 rings (SSSR count). The minimum absolute atomic E-state index is 0.159. The number of aromatic nitrogens is 5. The van der Waals surface area contributed by atoms with E-state index in [9.17, 15) is 4.79 Å². The van der Waals surface area contributed by atoms with Crippen molar-refractivity contribution in [3.63, 3.8) is 0 Å². The first-order chi connectivity index (χ1) is 15.1. The van der Waals surface area contributed by atoms with Crippen LogP contribution in [-0.2, 0) is 4.79 Å². The smallest absolute Gasteiger partial charge is 0.234 e. The number of benzene rings is 2. The van der Waals surface area contributed by atoms with E-state index in [1.165, 1.54) is 29.4 Å². The summed E-state index contributed by atoms with van der Waals surface area (Å²) in [7, 11) is 1.61. The summed E-state index contributed by atoms with van der Waals surface area (Å²) in [5, 5.41) is 19.5. The number of halogens is 1. The average Bonchev–Trinajstić information content (AvgIpc) is 3.45. The third kappa shape index (κ3) is 5.32. The Kier molecular flexibility index (Phi) is 6.65. The molecule has 9 nitrogen and oxygen atoms in total. The Bertz CT molecular complexity index is 1180. The van der Waals surface area contributed by atoms with E-state index in [1.807, 2.05) is 24.3 Å². The van der Waals surface area contributed by atoms with E-state index in [4.69, 9.17) is 16.3 Å². The lowest BCUT2D eigenvalue weighted by Gasteiger charge is -2.11. The normalized spacial score (nSPS) is 10.6. The molecule has 0 radical (unpaired) electrons. The molecule has 0 bridgehead atoms. The third-order valence-electron chi connectivity index (χ3n) is 3.98. The summed E-state index contributed by atoms with van der Waals surface area (Å²) >= 11 is 8.73. The first-order valence-electron chi connectivity index (χ1n) is 8.93. The number of hydrogen-bond donors (Lipinski definition) is 2. The first kappa shape index (κ1) is 21.1. The molecule has 0 atom stereocenters. The fourth-order valence-electron chi connectivity index (χ4n) is 2.64. The maximum atomic E-state index is 12.5. The maximum absolute atomic E-state index is 12.5. The molecule has 158 valence electrons. The predicted octanol–water partition coefficient (Wildman–Crippen LogP) is 4.26. The molecule has 2 heterocycles. The van der Waals surface area contributed by atoms with Gasteiger partial charge in [0.05, 0.1) is 29.9 Å². The van der Waals surface area contributed by atoms with Gasteiger partial charge in [-0.3, -0.25) is 4.79 Å². The summed E-state index contributed by atoms with van der Waals surface area (Å²) in [6.07, 6.45) is 2.97. The van der Waals surface area contributed by atoms with Gasteiger partial charge in [0.2, 0.25) is 11.0 Å². The number of thioether (sulfide) groups is 1. The second-order valence-electron chi connectivity index (χ2n) is 6.04. The highest BCUT2D eigenvalue weighted by Gasteiger charge is 2.13. The van der Waals surface area contributed by atoms with Gasteiger partial charge in [0.1, 0.15) is 18.4 Å². The number of anilines is 3. The lowest BCUT2D eigenvalue weighted by atomic mass is 10.2. The van der Waals surface area contributed by atoms with E-state index in [2.05, 4.69) is 30.9 Å². The number of rotatable bonds is 8. The molecule has 4 aromatic rings. The molecule has 12 heteroatoms. The van der Waals surface area contributed by atoms with Gasteiger partial charge in [-0.25, -0.2) is 9.67 Å². The van der Waals surface area contributed by atoms with Crippen molar-refractivity contribution in [2.45, 2.75) is 4.34 Å². The molecule has 0 spiro atoms. The van der Waals surface area contributed by atoms with Crippen molar-refractivity contribution in [3.05, 3.63) is 60.1 Å². The summed E-state index contributed by atoms with van der Waals surface area (Å²) in [5.41, 5.74) is 2.00. The van der Waals surface area contributed by atoms with E-state index < -0.39 is 0 Å². The quantitative estimate of drug-likeness (QED) is 0.366. The van der Waals surface area contributed by atoms with Crippen LogP contribution < -0.4 is 15.4 Å². The monoisotopic (exact) mass is 473 g/mol. The van der Waals surface area contributed by atoms with E-state index in [1.54, 1.807) is 36.3 Å². The number of methoxy groups -OCH3 is 1. The molecule has 0 aliphatic carbocycles. The fraction of sp³-hybridized carbons (Fsp3) is 0.105. The summed E-state index contributed by atoms with van der Waals surface area (Å²) in [4.78, 5) is 16.4. The van der Waals surface area contributed by atoms with Crippen molar-refractivity contribution in [2.24, 2.45) is 0 Å². The fourth-order valence-corrected chi connectivity index (χ4v) is 4.37. The minimum atomic E-state index is -0.205. The molecular formula is C19H16ClN7O2S2. The number of carbonyl (C=O) groups is 1. The maximum Gasteiger partial charge on any atom is 0.234 e. The number of hydrogen-bond acceptors (Lipinski definition) is 9. The van der Waals surface area contributed by atoms with E-state index in [0.29, 0.717) is 31.6 Å². The molecule has 0 saturated carbocycles. The standard InChI is InChI=1S/C19H16ClN7O2S2/c1-29-16-5-3-2-4-13(16)24-18-25-26-19(31-18)30-9-17(28)23-14-8-12(20)6-7-15(14)27-11-21-10-22-27/h2-8,10-11H,9H2,1H3,(H,23,28)(H,24,25). The summed E-state index contributed by atoms with van der Waals surface area (Å²) in [6.45, 7) is 0. The molecule has 2 aromatic heterocycles. The topological polar surface area (TPSA) is 107 Å². The summed E-state index contributed by atoms with van der Waals surface area (Å²) < 4.78 is 7.54. The van der Waals surface area contributed by atoms with E-state index in [-0.39, 0.29) is 11.7 Å². The van der Waals surface area contributed by atoms with Crippen LogP contribution in [0, 0.1) is 0 Å². The van der Waals surface area contributed by atoms with Crippen LogP contribution >= 0.6 is 34.7 Å². The second-order valence-corrected chi connectivity index (χ2v) is 8.67. The zero-order valence-electron chi connectivity index (χ0n) is 16.2. The van der Waals surface area contributed by atoms with Crippen LogP contribution in [-0.4, -0.2) is 43.7 Å². The van der Waals surface area contributed by atoms with Gasteiger partial charge < -0.3 is 15.4 Å². The van der Waals surface area contributed by atoms with Gasteiger partial charge in [-0.05, 0) is 30.3 Å². The van der Waals surface area contributed by atoms with Gasteiger partial charge in [0.25, 0.3) is 0 Å². The summed E-state index contributed by atoms with van der Waals surface area (Å²) in [6, 6.07) is 12.7. The van der Waals surface area contributed by atoms with Gasteiger partial charge in [0, 0.05) is 5.02 Å². The Morgan fingerprint density at radius 2 is 2.10 bits per heavy atom. The van der Waals surface area contributed by atoms with Crippen molar-refractivity contribution in [2.75, 3.05) is 23.5 Å². The van der Waals surface area contributed by atoms with Crippen molar-refractivity contribution in [1.29, 1.82) is 0 Å². The van der Waals surface area contributed by atoms with Gasteiger partial charge in [-0.2, -0.15) is 5.10 Å². The lowest BCUT2D eigenvalue weighted by Crippen LogP contribution is -2.16. The van der Waals surface area contributed by atoms with Crippen molar-refractivity contribution in [3.8, 4) is 11.4 Å². The number of ether oxygens (including phenoxy) is 1. The van der Waals surface area contributed by atoms with Gasteiger partial charge >= 0.3 is 0 Å². The Hall–Kier alpha value is -3.15. The highest BCUT2D eigenvalue weighted by molar-refractivity contribution is 8.01. The summed E-state index contributed by atoms with van der Waals surface area (Å²) in [5.74, 6) is 0.658. The zero-order chi connectivity index (χ0) is 21.6. The SMILES string of the molecule is COc1ccccc1Nc1nnc(SCC(=O)Nc2cc(Cl)ccc2-n2cncn2)s1. The number of carbonyl (C=O) groups excluding carboxylic acids is 1. The van der Waals surface area contributed by atoms with Crippen molar-refractivity contribution in [1.82, 2.24) is 25.0 Å². The van der Waals surface area contributed by atoms with Crippen LogP contribution in [0.15, 0.2) is 59.5 Å². The highest BCUT2D eigenvalue weighted by Crippen LogP contribution is 2.31. The Labute approximate surface area is 190 Å². The molecule has 1 amide bonds. The first-order valence-corrected chi connectivity index (χ1v) is 11.1. The number of nitrogens with one attached hydrogen (secondary N) is 2. The zero-order valence-corrected chi connectivity index (χ0v) is 18.5. The van der Waals surface area contributed by atoms with Crippen LogP contribution in [0.3, 0.4) is 0 Å². The number of para-hydroxylation sites is 2. The molecule has 0 unspecified atom stereocenters. The number of nitrogens with zero attached hydrogens (tertiary/aromatic N) is 5. The average molecular weight is 474 g/mol. The van der Waals surface area contributed by atoms with Gasteiger partial charge in [-0.1, -0.05) is 46.8 Å². The molecule has 0 fully saturated rings. The second kappa shape index (κ2) is 9.77. The van der Waals surface area contributed by atoms with E-state index in [0.717, 1.165) is 5.69 Å². The molecular weight excluding hydrogens is 458 g/mol. The lowest BCUT2D eigenvalue weighted by molar-refractivity contribution is -0.113. The van der Waals surface area contributed by atoms with Crippen LogP contribution in [0.4, 0.5) is 16.5 Å². The van der Waals surface area contributed by atoms with Gasteiger partial charge in [-0.15, -0.1) is 10.2 Å². The predicted molar refractivity (Wildman–Crippen MR) is 122 cm³/mol. The molecule has 0 aliphatic rings. The minimum Gasteiger partial charge on any atom is -0.495 e. The van der Waals surface area contributed by atoms with Crippen LogP contribution in [0.5, 0.6) is 5.75 Å². The molecule has 2 N–H and O–H groups in total. The Morgan fingerprint density at radius 1 is 1.23 bits per heavy atom. The number of amides is 1.